The van der Waals surface area contributed by atoms with Gasteiger partial charge in [-0.05, 0) is 37.0 Å². The van der Waals surface area contributed by atoms with Gasteiger partial charge in [-0.2, -0.15) is 0 Å². The molecule has 0 aromatic heterocycles. The van der Waals surface area contributed by atoms with Crippen molar-refractivity contribution in [2.45, 2.75) is 25.7 Å². The molecule has 1 atom stereocenters. The maximum absolute atomic E-state index is 13.2. The van der Waals surface area contributed by atoms with Crippen LogP contribution in [0.2, 0.25) is 0 Å². The molecule has 28 heavy (non-hydrogen) atoms. The van der Waals surface area contributed by atoms with E-state index >= 15 is 0 Å². The summed E-state index contributed by atoms with van der Waals surface area (Å²) < 4.78 is 22.1. The zero-order valence-corrected chi connectivity index (χ0v) is 17.0. The summed E-state index contributed by atoms with van der Waals surface area (Å²) in [5, 5.41) is 0. The van der Waals surface area contributed by atoms with Crippen molar-refractivity contribution in [3.8, 4) is 17.2 Å². The van der Waals surface area contributed by atoms with Crippen LogP contribution in [0.3, 0.4) is 0 Å². The molecule has 3 rings (SSSR count). The maximum atomic E-state index is 13.2. The fraction of sp³-hybridized carbons (Fsp3) is 0.348. The van der Waals surface area contributed by atoms with Crippen molar-refractivity contribution >= 4 is 5.97 Å². The molecule has 0 heterocycles. The molecular weight excluding hydrogens is 356 g/mol. The van der Waals surface area contributed by atoms with Crippen LogP contribution in [0.25, 0.3) is 0 Å². The lowest BCUT2D eigenvalue weighted by molar-refractivity contribution is -0.145. The average molecular weight is 382 g/mol. The molecule has 0 spiro atoms. The minimum atomic E-state index is -0.977. The van der Waals surface area contributed by atoms with E-state index in [-0.39, 0.29) is 5.97 Å². The van der Waals surface area contributed by atoms with Crippen molar-refractivity contribution in [3.63, 3.8) is 0 Å². The summed E-state index contributed by atoms with van der Waals surface area (Å²) in [5.74, 6) is 1.36. The van der Waals surface area contributed by atoms with E-state index in [4.69, 9.17) is 18.9 Å². The number of hydrogen-bond acceptors (Lipinski definition) is 5. The van der Waals surface area contributed by atoms with E-state index in [1.54, 1.807) is 33.5 Å². The summed E-state index contributed by atoms with van der Waals surface area (Å²) in [7, 11) is 4.73. The van der Waals surface area contributed by atoms with E-state index in [1.807, 2.05) is 32.0 Å². The Balaban J connectivity index is 2.14. The molecule has 1 aliphatic carbocycles. The molecule has 1 unspecified atom stereocenters. The Bertz CT molecular complexity index is 875. The molecule has 0 amide bonds. The third-order valence-corrected chi connectivity index (χ3v) is 5.30. The van der Waals surface area contributed by atoms with Crippen LogP contribution in [0, 0.1) is 0 Å². The SMILES string of the molecule is CCOC(=O)C1(c2c(OC)cc(OC)cc2OC)C(C)=C1Cc1ccccc1. The predicted molar refractivity (Wildman–Crippen MR) is 107 cm³/mol. The van der Waals surface area contributed by atoms with Crippen LogP contribution in [0.1, 0.15) is 25.0 Å². The third kappa shape index (κ3) is 3.11. The van der Waals surface area contributed by atoms with Crippen LogP contribution < -0.4 is 14.2 Å². The molecule has 2 aromatic rings. The second-order valence-electron chi connectivity index (χ2n) is 6.64. The third-order valence-electron chi connectivity index (χ3n) is 5.30. The van der Waals surface area contributed by atoms with Gasteiger partial charge in [-0.1, -0.05) is 30.3 Å². The largest absolute Gasteiger partial charge is 0.496 e. The Morgan fingerprint density at radius 3 is 2.07 bits per heavy atom. The van der Waals surface area contributed by atoms with Gasteiger partial charge in [0.15, 0.2) is 0 Å². The van der Waals surface area contributed by atoms with Gasteiger partial charge in [-0.25, -0.2) is 0 Å². The highest BCUT2D eigenvalue weighted by Crippen LogP contribution is 2.61. The van der Waals surface area contributed by atoms with E-state index in [2.05, 4.69) is 12.1 Å². The van der Waals surface area contributed by atoms with Crippen LogP contribution in [-0.4, -0.2) is 33.9 Å². The van der Waals surface area contributed by atoms with E-state index < -0.39 is 5.41 Å². The van der Waals surface area contributed by atoms with Crippen molar-refractivity contribution in [2.75, 3.05) is 27.9 Å². The lowest BCUT2D eigenvalue weighted by Gasteiger charge is -2.24. The maximum Gasteiger partial charge on any atom is 0.325 e. The first-order chi connectivity index (χ1) is 13.5. The van der Waals surface area contributed by atoms with E-state index in [1.165, 1.54) is 0 Å². The molecule has 0 saturated carbocycles. The summed E-state index contributed by atoms with van der Waals surface area (Å²) in [6.07, 6.45) is 0.657. The topological polar surface area (TPSA) is 54.0 Å². The number of rotatable bonds is 8. The van der Waals surface area contributed by atoms with Gasteiger partial charge in [-0.15, -0.1) is 0 Å². The Labute approximate surface area is 165 Å². The Hall–Kier alpha value is -2.95. The minimum Gasteiger partial charge on any atom is -0.496 e. The van der Waals surface area contributed by atoms with E-state index in [0.717, 1.165) is 16.7 Å². The second kappa shape index (κ2) is 7.97. The molecule has 0 fully saturated rings. The molecular formula is C23H26O5. The predicted octanol–water partition coefficient (Wildman–Crippen LogP) is 4.09. The minimum absolute atomic E-state index is 0.299. The summed E-state index contributed by atoms with van der Waals surface area (Å²) in [4.78, 5) is 13.2. The first kappa shape index (κ1) is 19.8. The van der Waals surface area contributed by atoms with Crippen molar-refractivity contribution in [1.82, 2.24) is 0 Å². The monoisotopic (exact) mass is 382 g/mol. The Morgan fingerprint density at radius 2 is 1.57 bits per heavy atom. The van der Waals surface area contributed by atoms with E-state index in [9.17, 15) is 4.79 Å². The van der Waals surface area contributed by atoms with Crippen molar-refractivity contribution in [2.24, 2.45) is 0 Å². The first-order valence-electron chi connectivity index (χ1n) is 9.26. The van der Waals surface area contributed by atoms with Crippen LogP contribution in [0.4, 0.5) is 0 Å². The molecule has 1 aliphatic rings. The number of methoxy groups -OCH3 is 3. The van der Waals surface area contributed by atoms with Gasteiger partial charge in [0.25, 0.3) is 0 Å². The Kier molecular flexibility index (Phi) is 5.63. The normalized spacial score (nSPS) is 17.9. The highest BCUT2D eigenvalue weighted by molar-refractivity contribution is 6.00. The highest BCUT2D eigenvalue weighted by Gasteiger charge is 2.61. The molecule has 0 aliphatic heterocycles. The fourth-order valence-electron chi connectivity index (χ4n) is 3.87. The molecule has 0 radical (unpaired) electrons. The quantitative estimate of drug-likeness (QED) is 0.508. The van der Waals surface area contributed by atoms with Gasteiger partial charge in [0.2, 0.25) is 0 Å². The summed E-state index contributed by atoms with van der Waals surface area (Å²) in [6.45, 7) is 4.08. The molecule has 0 saturated heterocycles. The smallest absolute Gasteiger partial charge is 0.325 e. The van der Waals surface area contributed by atoms with Gasteiger partial charge in [0.05, 0.1) is 33.5 Å². The van der Waals surface area contributed by atoms with Gasteiger partial charge in [-0.3, -0.25) is 4.79 Å². The Morgan fingerprint density at radius 1 is 0.964 bits per heavy atom. The molecule has 148 valence electrons. The number of carbonyl (C=O) groups is 1. The number of carbonyl (C=O) groups excluding carboxylic acids is 1. The number of benzene rings is 2. The van der Waals surface area contributed by atoms with Gasteiger partial charge < -0.3 is 18.9 Å². The number of ether oxygens (including phenoxy) is 4. The van der Waals surface area contributed by atoms with Gasteiger partial charge >= 0.3 is 5.97 Å². The first-order valence-corrected chi connectivity index (χ1v) is 9.26. The van der Waals surface area contributed by atoms with Crippen LogP contribution in [0.5, 0.6) is 17.2 Å². The summed E-state index contributed by atoms with van der Waals surface area (Å²) >= 11 is 0. The zero-order chi connectivity index (χ0) is 20.3. The zero-order valence-electron chi connectivity index (χ0n) is 17.0. The van der Waals surface area contributed by atoms with Crippen LogP contribution in [-0.2, 0) is 21.4 Å². The molecule has 0 bridgehead atoms. The molecule has 5 heteroatoms. The lowest BCUT2D eigenvalue weighted by atomic mass is 9.85. The fourth-order valence-corrected chi connectivity index (χ4v) is 3.87. The summed E-state index contributed by atoms with van der Waals surface area (Å²) in [5.41, 5.74) is 2.81. The summed E-state index contributed by atoms with van der Waals surface area (Å²) in [6, 6.07) is 13.6. The van der Waals surface area contributed by atoms with Crippen molar-refractivity contribution in [1.29, 1.82) is 0 Å². The number of esters is 1. The lowest BCUT2D eigenvalue weighted by Crippen LogP contribution is -2.30. The van der Waals surface area contributed by atoms with Crippen molar-refractivity contribution < 1.29 is 23.7 Å². The molecule has 5 nitrogen and oxygen atoms in total. The van der Waals surface area contributed by atoms with Crippen LogP contribution >= 0.6 is 0 Å². The standard InChI is InChI=1S/C23H26O5/c1-6-28-22(24)23(15(2)18(23)12-16-10-8-7-9-11-16)21-19(26-4)13-17(25-3)14-20(21)27-5/h7-11,13-14H,6,12H2,1-5H3. The van der Waals surface area contributed by atoms with Gasteiger partial charge in [0.1, 0.15) is 22.7 Å². The van der Waals surface area contributed by atoms with Crippen molar-refractivity contribution in [3.05, 3.63) is 64.7 Å². The van der Waals surface area contributed by atoms with Crippen LogP contribution in [0.15, 0.2) is 53.6 Å². The van der Waals surface area contributed by atoms with E-state index in [0.29, 0.717) is 35.8 Å². The molecule has 0 N–H and O–H groups in total. The highest BCUT2D eigenvalue weighted by atomic mass is 16.5. The van der Waals surface area contributed by atoms with Gasteiger partial charge in [0, 0.05) is 12.1 Å². The second-order valence-corrected chi connectivity index (χ2v) is 6.64. The average Bonchev–Trinajstić information content (AvgIpc) is 3.31. The molecule has 2 aromatic carbocycles. The number of hydrogen-bond donors (Lipinski definition) is 0.